The molecule has 0 bridgehead atoms. The van der Waals surface area contributed by atoms with Crippen LogP contribution in [0.1, 0.15) is 20.3 Å². The topological polar surface area (TPSA) is 41.6 Å². The first kappa shape index (κ1) is 15.2. The second-order valence-corrected chi connectivity index (χ2v) is 4.74. The Morgan fingerprint density at radius 1 is 1.56 bits per heavy atom. The number of carbonyl (C=O) groups excluding carboxylic acids is 1. The fraction of sp³-hybridized carbons (Fsp3) is 0.909. The number of ether oxygens (including phenoxy) is 1. The molecule has 2 unspecified atom stereocenters. The predicted octanol–water partition coefficient (Wildman–Crippen LogP) is 1.16. The normalized spacial score (nSPS) is 29.6. The Morgan fingerprint density at radius 3 is 2.56 bits per heavy atom. The van der Waals surface area contributed by atoms with Crippen LogP contribution in [0.2, 0.25) is 0 Å². The van der Waals surface area contributed by atoms with Crippen molar-refractivity contribution in [3.63, 3.8) is 0 Å². The van der Waals surface area contributed by atoms with Crippen molar-refractivity contribution >= 4 is 5.97 Å². The largest absolute Gasteiger partial charge is 0.465 e. The number of carbonyl (C=O) groups is 1. The summed E-state index contributed by atoms with van der Waals surface area (Å²) >= 11 is 0. The zero-order valence-electron chi connectivity index (χ0n) is 10.8. The van der Waals surface area contributed by atoms with Gasteiger partial charge in [0, 0.05) is 12.6 Å². The summed E-state index contributed by atoms with van der Waals surface area (Å²) in [6.45, 7) is 2.70. The lowest BCUT2D eigenvalue weighted by Crippen LogP contribution is -2.57. The zero-order valence-corrected chi connectivity index (χ0v) is 10.8. The van der Waals surface area contributed by atoms with Gasteiger partial charge in [0.05, 0.1) is 13.2 Å². The third kappa shape index (κ3) is 3.58. The van der Waals surface area contributed by atoms with Gasteiger partial charge in [-0.15, -0.1) is 0 Å². The maximum atomic E-state index is 12.3. The van der Waals surface area contributed by atoms with E-state index in [9.17, 15) is 18.0 Å². The highest BCUT2D eigenvalue weighted by molar-refractivity contribution is 5.82. The molecule has 18 heavy (non-hydrogen) atoms. The van der Waals surface area contributed by atoms with Crippen molar-refractivity contribution in [2.75, 3.05) is 26.7 Å². The molecule has 0 spiro atoms. The first-order chi connectivity index (χ1) is 8.20. The van der Waals surface area contributed by atoms with E-state index in [0.29, 0.717) is 6.42 Å². The third-order valence-corrected chi connectivity index (χ3v) is 3.21. The number of esters is 1. The highest BCUT2D eigenvalue weighted by Gasteiger charge is 2.49. The summed E-state index contributed by atoms with van der Waals surface area (Å²) < 4.78 is 41.8. The molecule has 0 radical (unpaired) electrons. The van der Waals surface area contributed by atoms with Crippen LogP contribution in [0.5, 0.6) is 0 Å². The highest BCUT2D eigenvalue weighted by atomic mass is 19.4. The summed E-state index contributed by atoms with van der Waals surface area (Å²) in [6, 6.07) is 0.0372. The van der Waals surface area contributed by atoms with Crippen molar-refractivity contribution in [1.29, 1.82) is 0 Å². The minimum Gasteiger partial charge on any atom is -0.465 e. The van der Waals surface area contributed by atoms with Gasteiger partial charge in [-0.05, 0) is 27.3 Å². The van der Waals surface area contributed by atoms with Gasteiger partial charge < -0.3 is 9.64 Å². The van der Waals surface area contributed by atoms with Crippen molar-refractivity contribution in [3.8, 4) is 0 Å². The van der Waals surface area contributed by atoms with E-state index in [1.54, 1.807) is 14.0 Å². The lowest BCUT2D eigenvalue weighted by Gasteiger charge is -2.28. The van der Waals surface area contributed by atoms with Crippen LogP contribution in [-0.2, 0) is 9.53 Å². The van der Waals surface area contributed by atoms with Crippen LogP contribution < -0.4 is 5.32 Å². The van der Waals surface area contributed by atoms with Gasteiger partial charge in [-0.25, -0.2) is 4.79 Å². The fourth-order valence-corrected chi connectivity index (χ4v) is 2.19. The molecule has 7 heteroatoms. The molecule has 0 aromatic carbocycles. The maximum absolute atomic E-state index is 12.3. The molecule has 0 saturated carbocycles. The van der Waals surface area contributed by atoms with Crippen LogP contribution in [0.4, 0.5) is 13.2 Å². The number of rotatable bonds is 4. The van der Waals surface area contributed by atoms with Crippen molar-refractivity contribution in [2.24, 2.45) is 0 Å². The number of likely N-dealkylation sites (N-methyl/N-ethyl adjacent to an activating group) is 1. The molecule has 1 fully saturated rings. The van der Waals surface area contributed by atoms with E-state index in [2.05, 4.69) is 5.32 Å². The first-order valence-electron chi connectivity index (χ1n) is 5.89. The first-order valence-corrected chi connectivity index (χ1v) is 5.89. The minimum absolute atomic E-state index is 0.0372. The van der Waals surface area contributed by atoms with Crippen molar-refractivity contribution < 1.29 is 22.7 Å². The van der Waals surface area contributed by atoms with Crippen LogP contribution in [0, 0.1) is 0 Å². The number of hydrogen-bond donors (Lipinski definition) is 1. The summed E-state index contributed by atoms with van der Waals surface area (Å²) in [6.07, 6.45) is -4.03. The van der Waals surface area contributed by atoms with Crippen molar-refractivity contribution in [1.82, 2.24) is 10.2 Å². The summed E-state index contributed by atoms with van der Waals surface area (Å²) in [4.78, 5) is 13.7. The summed E-state index contributed by atoms with van der Waals surface area (Å²) in [5, 5.41) is 2.34. The monoisotopic (exact) mass is 268 g/mol. The summed E-state index contributed by atoms with van der Waals surface area (Å²) in [5.74, 6) is -0.606. The average Bonchev–Trinajstić information content (AvgIpc) is 2.53. The Kier molecular flexibility index (Phi) is 4.61. The summed E-state index contributed by atoms with van der Waals surface area (Å²) in [5.41, 5.74) is -1.25. The van der Waals surface area contributed by atoms with E-state index in [4.69, 9.17) is 4.74 Å². The molecule has 106 valence electrons. The number of alkyl halides is 3. The Bertz CT molecular complexity index is 297. The minimum atomic E-state index is -4.34. The smallest absolute Gasteiger partial charge is 0.401 e. The molecule has 1 rings (SSSR count). The van der Waals surface area contributed by atoms with Gasteiger partial charge in [0.2, 0.25) is 0 Å². The van der Waals surface area contributed by atoms with E-state index in [1.165, 1.54) is 0 Å². The Hall–Kier alpha value is -0.820. The van der Waals surface area contributed by atoms with Crippen LogP contribution >= 0.6 is 0 Å². The molecule has 2 atom stereocenters. The van der Waals surface area contributed by atoms with E-state index in [1.807, 2.05) is 11.8 Å². The standard InChI is InChI=1S/C11H19F3N2O2/c1-4-18-9(17)10(15-6-11(12,13)14)5-8(2)16(3)7-10/h8,15H,4-7H2,1-3H3. The van der Waals surface area contributed by atoms with E-state index in [-0.39, 0.29) is 19.2 Å². The Labute approximate surface area is 104 Å². The van der Waals surface area contributed by atoms with Gasteiger partial charge in [0.1, 0.15) is 5.54 Å². The molecule has 1 aliphatic heterocycles. The molecule has 1 aliphatic rings. The van der Waals surface area contributed by atoms with Gasteiger partial charge in [-0.2, -0.15) is 13.2 Å². The molecule has 0 amide bonds. The van der Waals surface area contributed by atoms with Crippen molar-refractivity contribution in [3.05, 3.63) is 0 Å². The number of likely N-dealkylation sites (tertiary alicyclic amines) is 1. The van der Waals surface area contributed by atoms with Crippen LogP contribution in [0.3, 0.4) is 0 Å². The highest BCUT2D eigenvalue weighted by Crippen LogP contribution is 2.28. The predicted molar refractivity (Wildman–Crippen MR) is 60.1 cm³/mol. The SMILES string of the molecule is CCOC(=O)C1(NCC(F)(F)F)CC(C)N(C)C1. The van der Waals surface area contributed by atoms with Gasteiger partial charge in [-0.3, -0.25) is 5.32 Å². The molecule has 0 aromatic heterocycles. The fourth-order valence-electron chi connectivity index (χ4n) is 2.19. The van der Waals surface area contributed by atoms with Gasteiger partial charge in [0.15, 0.2) is 0 Å². The molecule has 4 nitrogen and oxygen atoms in total. The third-order valence-electron chi connectivity index (χ3n) is 3.21. The number of halogens is 3. The van der Waals surface area contributed by atoms with E-state index < -0.39 is 24.2 Å². The van der Waals surface area contributed by atoms with Crippen LogP contribution in [-0.4, -0.2) is 55.4 Å². The van der Waals surface area contributed by atoms with Gasteiger partial charge in [-0.1, -0.05) is 0 Å². The number of nitrogens with one attached hydrogen (secondary N) is 1. The average molecular weight is 268 g/mol. The molecule has 0 aromatic rings. The maximum Gasteiger partial charge on any atom is 0.401 e. The van der Waals surface area contributed by atoms with Crippen molar-refractivity contribution in [2.45, 2.75) is 38.0 Å². The molecule has 1 N–H and O–H groups in total. The van der Waals surface area contributed by atoms with Gasteiger partial charge >= 0.3 is 12.1 Å². The second-order valence-electron chi connectivity index (χ2n) is 4.74. The van der Waals surface area contributed by atoms with Crippen LogP contribution in [0.15, 0.2) is 0 Å². The van der Waals surface area contributed by atoms with Gasteiger partial charge in [0.25, 0.3) is 0 Å². The lowest BCUT2D eigenvalue weighted by atomic mass is 9.96. The Morgan fingerprint density at radius 2 is 2.17 bits per heavy atom. The number of hydrogen-bond acceptors (Lipinski definition) is 4. The van der Waals surface area contributed by atoms with E-state index >= 15 is 0 Å². The Balaban J connectivity index is 2.79. The van der Waals surface area contributed by atoms with E-state index in [0.717, 1.165) is 0 Å². The molecular formula is C11H19F3N2O2. The molecule has 1 saturated heterocycles. The molecule has 0 aliphatic carbocycles. The number of nitrogens with zero attached hydrogens (tertiary/aromatic N) is 1. The summed E-state index contributed by atoms with van der Waals surface area (Å²) in [7, 11) is 1.78. The lowest BCUT2D eigenvalue weighted by molar-refractivity contribution is -0.155. The quantitative estimate of drug-likeness (QED) is 0.777. The zero-order chi connectivity index (χ0) is 14.0. The second kappa shape index (κ2) is 5.44. The molecular weight excluding hydrogens is 249 g/mol. The molecule has 1 heterocycles. The van der Waals surface area contributed by atoms with Crippen LogP contribution in [0.25, 0.3) is 0 Å².